The van der Waals surface area contributed by atoms with Gasteiger partial charge >= 0.3 is 0 Å². The van der Waals surface area contributed by atoms with Crippen molar-refractivity contribution < 1.29 is 9.60 Å². The maximum Gasteiger partial charge on any atom is 0.156 e. The number of rotatable bonds is 4. The summed E-state index contributed by atoms with van der Waals surface area (Å²) in [6, 6.07) is 6.76. The van der Waals surface area contributed by atoms with E-state index in [0.717, 1.165) is 32.6 Å². The molecular formula is C14H21FN4O. The summed E-state index contributed by atoms with van der Waals surface area (Å²) in [6.45, 7) is 5.00. The van der Waals surface area contributed by atoms with Crippen LogP contribution in [0.4, 0.5) is 10.1 Å². The highest BCUT2D eigenvalue weighted by Gasteiger charge is 2.26. The number of benzene rings is 1. The molecule has 1 aromatic rings. The fourth-order valence-corrected chi connectivity index (χ4v) is 2.70. The monoisotopic (exact) mass is 280 g/mol. The lowest BCUT2D eigenvalue weighted by atomic mass is 10.1. The molecule has 1 fully saturated rings. The SMILES string of the molecule is CCC(C(N)=NO)N1CCN(c2ccccc2F)CC1. The third kappa shape index (κ3) is 3.01. The van der Waals surface area contributed by atoms with E-state index in [-0.39, 0.29) is 17.7 Å². The number of para-hydroxylation sites is 1. The zero-order chi connectivity index (χ0) is 14.5. The number of nitrogens with two attached hydrogens (primary N) is 1. The first-order chi connectivity index (χ1) is 9.67. The minimum absolute atomic E-state index is 0.0530. The van der Waals surface area contributed by atoms with Crippen LogP contribution in [0.5, 0.6) is 0 Å². The quantitative estimate of drug-likeness (QED) is 0.379. The number of piperazine rings is 1. The molecular weight excluding hydrogens is 259 g/mol. The summed E-state index contributed by atoms with van der Waals surface area (Å²) < 4.78 is 13.8. The Hall–Kier alpha value is -1.82. The molecule has 0 spiro atoms. The summed E-state index contributed by atoms with van der Waals surface area (Å²) in [5, 5.41) is 11.9. The molecule has 0 radical (unpaired) electrons. The van der Waals surface area contributed by atoms with Gasteiger partial charge in [0.2, 0.25) is 0 Å². The predicted molar refractivity (Wildman–Crippen MR) is 77.7 cm³/mol. The van der Waals surface area contributed by atoms with Crippen LogP contribution in [0.25, 0.3) is 0 Å². The van der Waals surface area contributed by atoms with E-state index in [4.69, 9.17) is 10.9 Å². The largest absolute Gasteiger partial charge is 0.409 e. The van der Waals surface area contributed by atoms with E-state index in [0.29, 0.717) is 5.69 Å². The van der Waals surface area contributed by atoms with Gasteiger partial charge in [0.25, 0.3) is 0 Å². The molecule has 1 aromatic carbocycles. The van der Waals surface area contributed by atoms with E-state index < -0.39 is 0 Å². The molecule has 5 nitrogen and oxygen atoms in total. The molecule has 0 amide bonds. The van der Waals surface area contributed by atoms with Gasteiger partial charge < -0.3 is 15.8 Å². The average molecular weight is 280 g/mol. The Kier molecular flexibility index (Phi) is 4.79. The second kappa shape index (κ2) is 6.56. The maximum atomic E-state index is 13.8. The van der Waals surface area contributed by atoms with Gasteiger partial charge in [0.05, 0.1) is 11.7 Å². The summed E-state index contributed by atoms with van der Waals surface area (Å²) in [5.74, 6) is 0.0521. The Balaban J connectivity index is 2.00. The molecule has 6 heteroatoms. The van der Waals surface area contributed by atoms with Gasteiger partial charge in [-0.25, -0.2) is 4.39 Å². The van der Waals surface area contributed by atoms with Crippen LogP contribution in [0.3, 0.4) is 0 Å². The highest BCUT2D eigenvalue weighted by Crippen LogP contribution is 2.21. The third-order valence-electron chi connectivity index (χ3n) is 3.79. The first kappa shape index (κ1) is 14.6. The highest BCUT2D eigenvalue weighted by atomic mass is 19.1. The van der Waals surface area contributed by atoms with E-state index in [1.165, 1.54) is 6.07 Å². The van der Waals surface area contributed by atoms with Gasteiger partial charge in [0.1, 0.15) is 5.82 Å². The van der Waals surface area contributed by atoms with Crippen molar-refractivity contribution in [1.82, 2.24) is 4.90 Å². The molecule has 1 saturated heterocycles. The van der Waals surface area contributed by atoms with Crippen LogP contribution in [-0.4, -0.2) is 48.2 Å². The van der Waals surface area contributed by atoms with Crippen molar-refractivity contribution in [2.45, 2.75) is 19.4 Å². The molecule has 1 unspecified atom stereocenters. The second-order valence-electron chi connectivity index (χ2n) is 4.92. The van der Waals surface area contributed by atoms with Gasteiger partial charge in [0, 0.05) is 26.2 Å². The number of hydrogen-bond acceptors (Lipinski definition) is 4. The Morgan fingerprint density at radius 3 is 2.55 bits per heavy atom. The second-order valence-corrected chi connectivity index (χ2v) is 4.92. The number of nitrogens with zero attached hydrogens (tertiary/aromatic N) is 3. The van der Waals surface area contributed by atoms with Crippen molar-refractivity contribution in [2.75, 3.05) is 31.1 Å². The lowest BCUT2D eigenvalue weighted by Crippen LogP contribution is -2.54. The number of hydrogen-bond donors (Lipinski definition) is 2. The lowest BCUT2D eigenvalue weighted by Gasteiger charge is -2.39. The van der Waals surface area contributed by atoms with Crippen LogP contribution < -0.4 is 10.6 Å². The fourth-order valence-electron chi connectivity index (χ4n) is 2.70. The van der Waals surface area contributed by atoms with Gasteiger partial charge in [0.15, 0.2) is 5.84 Å². The third-order valence-corrected chi connectivity index (χ3v) is 3.79. The van der Waals surface area contributed by atoms with E-state index in [2.05, 4.69) is 10.1 Å². The number of halogens is 1. The van der Waals surface area contributed by atoms with Gasteiger partial charge in [-0.3, -0.25) is 4.90 Å². The smallest absolute Gasteiger partial charge is 0.156 e. The molecule has 0 saturated carbocycles. The number of amidine groups is 1. The summed E-state index contributed by atoms with van der Waals surface area (Å²) in [5.41, 5.74) is 6.36. The minimum atomic E-state index is -0.190. The molecule has 1 heterocycles. The van der Waals surface area contributed by atoms with Crippen LogP contribution in [-0.2, 0) is 0 Å². The van der Waals surface area contributed by atoms with Crippen molar-refractivity contribution >= 4 is 11.5 Å². The first-order valence-electron chi connectivity index (χ1n) is 6.88. The van der Waals surface area contributed by atoms with Crippen LogP contribution in [0.2, 0.25) is 0 Å². The molecule has 2 rings (SSSR count). The first-order valence-corrected chi connectivity index (χ1v) is 6.88. The molecule has 20 heavy (non-hydrogen) atoms. The van der Waals surface area contributed by atoms with Crippen LogP contribution in [0, 0.1) is 5.82 Å². The van der Waals surface area contributed by atoms with Crippen LogP contribution in [0.1, 0.15) is 13.3 Å². The van der Waals surface area contributed by atoms with Crippen molar-refractivity contribution in [1.29, 1.82) is 0 Å². The maximum absolute atomic E-state index is 13.8. The molecule has 0 aliphatic carbocycles. The average Bonchev–Trinajstić information content (AvgIpc) is 2.49. The van der Waals surface area contributed by atoms with Crippen molar-refractivity contribution in [3.8, 4) is 0 Å². The summed E-state index contributed by atoms with van der Waals surface area (Å²) in [4.78, 5) is 4.21. The molecule has 0 aromatic heterocycles. The molecule has 110 valence electrons. The lowest BCUT2D eigenvalue weighted by molar-refractivity contribution is 0.215. The topological polar surface area (TPSA) is 65.1 Å². The van der Waals surface area contributed by atoms with E-state index in [9.17, 15) is 4.39 Å². The van der Waals surface area contributed by atoms with Gasteiger partial charge in [-0.05, 0) is 18.6 Å². The molecule has 1 atom stereocenters. The Bertz CT molecular complexity index is 472. The van der Waals surface area contributed by atoms with Crippen LogP contribution in [0.15, 0.2) is 29.4 Å². The van der Waals surface area contributed by atoms with Crippen LogP contribution >= 0.6 is 0 Å². The Labute approximate surface area is 118 Å². The summed E-state index contributed by atoms with van der Waals surface area (Å²) in [7, 11) is 0. The summed E-state index contributed by atoms with van der Waals surface area (Å²) >= 11 is 0. The minimum Gasteiger partial charge on any atom is -0.409 e. The Morgan fingerprint density at radius 2 is 2.00 bits per heavy atom. The van der Waals surface area contributed by atoms with Crippen molar-refractivity contribution in [3.05, 3.63) is 30.1 Å². The highest BCUT2D eigenvalue weighted by molar-refractivity contribution is 5.85. The van der Waals surface area contributed by atoms with Gasteiger partial charge in [-0.2, -0.15) is 0 Å². The number of anilines is 1. The van der Waals surface area contributed by atoms with Gasteiger partial charge in [-0.1, -0.05) is 24.2 Å². The Morgan fingerprint density at radius 1 is 1.35 bits per heavy atom. The van der Waals surface area contributed by atoms with E-state index >= 15 is 0 Å². The zero-order valence-corrected chi connectivity index (χ0v) is 11.7. The van der Waals surface area contributed by atoms with Crippen molar-refractivity contribution in [3.63, 3.8) is 0 Å². The zero-order valence-electron chi connectivity index (χ0n) is 11.7. The van der Waals surface area contributed by atoms with E-state index in [1.54, 1.807) is 12.1 Å². The molecule has 3 N–H and O–H groups in total. The fraction of sp³-hybridized carbons (Fsp3) is 0.500. The standard InChI is InChI=1S/C14H21FN4O/c1-2-12(14(16)17-20)18-7-9-19(10-8-18)13-6-4-3-5-11(13)15/h3-6,12,20H,2,7-10H2,1H3,(H2,16,17). The molecule has 1 aliphatic heterocycles. The summed E-state index contributed by atoms with van der Waals surface area (Å²) in [6.07, 6.45) is 0.787. The van der Waals surface area contributed by atoms with Crippen molar-refractivity contribution in [2.24, 2.45) is 10.9 Å². The van der Waals surface area contributed by atoms with E-state index in [1.807, 2.05) is 17.9 Å². The normalized spacial score (nSPS) is 19.1. The number of oxime groups is 1. The predicted octanol–water partition coefficient (Wildman–Crippen LogP) is 1.47. The molecule has 0 bridgehead atoms. The van der Waals surface area contributed by atoms with Gasteiger partial charge in [-0.15, -0.1) is 0 Å². The molecule has 1 aliphatic rings.